The number of nitrogens with zero attached hydrogens (tertiary/aromatic N) is 2. The SMILES string of the molecule is O=C1c2cc(Sc3ccccc3)c3nonc3c2C(=O)c2c(Cl)ccc(Cl)c21. The Morgan fingerprint density at radius 1 is 0.786 bits per heavy atom. The largest absolute Gasteiger partial charge is 0.289 e. The molecule has 0 amide bonds. The number of aromatic nitrogens is 2. The molecule has 0 saturated carbocycles. The first kappa shape index (κ1) is 17.4. The highest BCUT2D eigenvalue weighted by Gasteiger charge is 2.37. The van der Waals surface area contributed by atoms with Gasteiger partial charge in [-0.3, -0.25) is 9.59 Å². The molecule has 0 N–H and O–H groups in total. The Morgan fingerprint density at radius 3 is 2.14 bits per heavy atom. The molecule has 0 bridgehead atoms. The number of hydrogen-bond acceptors (Lipinski definition) is 6. The average molecular weight is 427 g/mol. The fourth-order valence-corrected chi connectivity index (χ4v) is 4.71. The second-order valence-corrected chi connectivity index (χ2v) is 8.04. The zero-order valence-electron chi connectivity index (χ0n) is 13.9. The van der Waals surface area contributed by atoms with Gasteiger partial charge in [-0.2, -0.15) is 0 Å². The maximum atomic E-state index is 13.2. The van der Waals surface area contributed by atoms with Crippen LogP contribution in [0.3, 0.4) is 0 Å². The van der Waals surface area contributed by atoms with E-state index in [2.05, 4.69) is 10.3 Å². The molecule has 28 heavy (non-hydrogen) atoms. The van der Waals surface area contributed by atoms with Crippen LogP contribution in [0.1, 0.15) is 31.8 Å². The minimum atomic E-state index is -0.422. The molecule has 0 saturated heterocycles. The smallest absolute Gasteiger partial charge is 0.198 e. The third-order valence-electron chi connectivity index (χ3n) is 4.50. The van der Waals surface area contributed by atoms with Crippen LogP contribution in [0.25, 0.3) is 11.0 Å². The summed E-state index contributed by atoms with van der Waals surface area (Å²) in [6.45, 7) is 0. The fourth-order valence-electron chi connectivity index (χ4n) is 3.27. The van der Waals surface area contributed by atoms with E-state index in [1.54, 1.807) is 6.07 Å². The van der Waals surface area contributed by atoms with Crippen LogP contribution in [-0.2, 0) is 0 Å². The monoisotopic (exact) mass is 426 g/mol. The van der Waals surface area contributed by atoms with E-state index in [-0.39, 0.29) is 43.6 Å². The van der Waals surface area contributed by atoms with Crippen molar-refractivity contribution < 1.29 is 14.2 Å². The summed E-state index contributed by atoms with van der Waals surface area (Å²) in [6.07, 6.45) is 0. The summed E-state index contributed by atoms with van der Waals surface area (Å²) in [6, 6.07) is 14.2. The second kappa shape index (κ2) is 6.44. The quantitative estimate of drug-likeness (QED) is 0.373. The first-order valence-electron chi connectivity index (χ1n) is 8.16. The predicted octanol–water partition coefficient (Wildman–Crippen LogP) is 5.46. The topological polar surface area (TPSA) is 73.1 Å². The molecule has 3 aromatic carbocycles. The summed E-state index contributed by atoms with van der Waals surface area (Å²) < 4.78 is 4.90. The number of benzene rings is 3. The molecule has 1 aliphatic carbocycles. The van der Waals surface area contributed by atoms with Gasteiger partial charge in [0.1, 0.15) is 11.0 Å². The van der Waals surface area contributed by atoms with Crippen molar-refractivity contribution in [3.8, 4) is 0 Å². The molecule has 5 nitrogen and oxygen atoms in total. The molecule has 5 rings (SSSR count). The number of fused-ring (bicyclic) bond motifs is 4. The zero-order valence-corrected chi connectivity index (χ0v) is 16.2. The molecular weight excluding hydrogens is 419 g/mol. The van der Waals surface area contributed by atoms with Gasteiger partial charge in [0, 0.05) is 15.4 Å². The highest BCUT2D eigenvalue weighted by atomic mass is 35.5. The Hall–Kier alpha value is -2.67. The number of halogens is 2. The van der Waals surface area contributed by atoms with E-state index in [1.807, 2.05) is 30.3 Å². The number of carbonyl (C=O) groups excluding carboxylic acids is 2. The van der Waals surface area contributed by atoms with Crippen molar-refractivity contribution in [3.63, 3.8) is 0 Å². The van der Waals surface area contributed by atoms with Gasteiger partial charge in [-0.1, -0.05) is 53.2 Å². The molecule has 0 atom stereocenters. The van der Waals surface area contributed by atoms with Crippen LogP contribution < -0.4 is 0 Å². The number of rotatable bonds is 2. The van der Waals surface area contributed by atoms with Crippen molar-refractivity contribution in [2.24, 2.45) is 0 Å². The lowest BCUT2D eigenvalue weighted by molar-refractivity contribution is 0.0980. The third kappa shape index (κ3) is 2.49. The lowest BCUT2D eigenvalue weighted by atomic mass is 9.83. The second-order valence-electron chi connectivity index (χ2n) is 6.11. The van der Waals surface area contributed by atoms with Crippen LogP contribution in [0, 0.1) is 0 Å². The highest BCUT2D eigenvalue weighted by Crippen LogP contribution is 2.41. The van der Waals surface area contributed by atoms with Gasteiger partial charge in [0.2, 0.25) is 0 Å². The zero-order chi connectivity index (χ0) is 19.4. The molecule has 0 aliphatic heterocycles. The van der Waals surface area contributed by atoms with Gasteiger partial charge in [0.05, 0.1) is 26.7 Å². The van der Waals surface area contributed by atoms with Gasteiger partial charge in [0.25, 0.3) is 0 Å². The first-order valence-corrected chi connectivity index (χ1v) is 9.73. The van der Waals surface area contributed by atoms with Crippen LogP contribution in [-0.4, -0.2) is 21.9 Å². The van der Waals surface area contributed by atoms with Gasteiger partial charge >= 0.3 is 0 Å². The molecule has 136 valence electrons. The van der Waals surface area contributed by atoms with E-state index >= 15 is 0 Å². The lowest BCUT2D eigenvalue weighted by Crippen LogP contribution is -2.22. The van der Waals surface area contributed by atoms with E-state index in [9.17, 15) is 9.59 Å². The number of carbonyl (C=O) groups is 2. The van der Waals surface area contributed by atoms with Gasteiger partial charge < -0.3 is 0 Å². The molecule has 0 fully saturated rings. The summed E-state index contributed by atoms with van der Waals surface area (Å²) in [5.74, 6) is -0.800. The van der Waals surface area contributed by atoms with Gasteiger partial charge in [-0.15, -0.1) is 0 Å². The number of ketones is 2. The van der Waals surface area contributed by atoms with Crippen LogP contribution in [0.2, 0.25) is 10.0 Å². The molecule has 1 heterocycles. The maximum Gasteiger partial charge on any atom is 0.198 e. The van der Waals surface area contributed by atoms with Crippen molar-refractivity contribution >= 4 is 57.6 Å². The lowest BCUT2D eigenvalue weighted by Gasteiger charge is -2.20. The van der Waals surface area contributed by atoms with Crippen LogP contribution in [0.5, 0.6) is 0 Å². The van der Waals surface area contributed by atoms with Crippen molar-refractivity contribution in [3.05, 3.63) is 80.8 Å². The summed E-state index contributed by atoms with van der Waals surface area (Å²) >= 11 is 13.8. The Labute approximate surface area is 172 Å². The molecule has 1 aliphatic rings. The predicted molar refractivity (Wildman–Crippen MR) is 106 cm³/mol. The minimum Gasteiger partial charge on any atom is -0.289 e. The van der Waals surface area contributed by atoms with Crippen molar-refractivity contribution in [1.29, 1.82) is 0 Å². The fraction of sp³-hybridized carbons (Fsp3) is 0. The molecular formula is C20H8Cl2N2O3S. The molecule has 8 heteroatoms. The minimum absolute atomic E-state index is 0.0828. The Kier molecular flexibility index (Phi) is 4.01. The third-order valence-corrected chi connectivity index (χ3v) is 6.17. The summed E-state index contributed by atoms with van der Waals surface area (Å²) in [5, 5.41) is 8.19. The van der Waals surface area contributed by atoms with Crippen molar-refractivity contribution in [2.45, 2.75) is 9.79 Å². The van der Waals surface area contributed by atoms with E-state index < -0.39 is 5.78 Å². The molecule has 4 aromatic rings. The van der Waals surface area contributed by atoms with Gasteiger partial charge in [-0.05, 0) is 40.6 Å². The highest BCUT2D eigenvalue weighted by molar-refractivity contribution is 7.99. The first-order chi connectivity index (χ1) is 13.6. The summed E-state index contributed by atoms with van der Waals surface area (Å²) in [4.78, 5) is 28.0. The summed E-state index contributed by atoms with van der Waals surface area (Å²) in [5.41, 5.74) is 1.18. The standard InChI is InChI=1S/C20H8Cl2N2O3S/c21-11-6-7-12(22)16-15(11)19(25)10-8-13(28-9-4-2-1-3-5-9)17-18(24-27-23-17)14(10)20(16)26/h1-8H. The molecule has 0 spiro atoms. The van der Waals surface area contributed by atoms with Gasteiger partial charge in [-0.25, -0.2) is 4.63 Å². The van der Waals surface area contributed by atoms with E-state index in [1.165, 1.54) is 23.9 Å². The van der Waals surface area contributed by atoms with Crippen molar-refractivity contribution in [1.82, 2.24) is 10.3 Å². The normalized spacial score (nSPS) is 12.9. The van der Waals surface area contributed by atoms with Crippen LogP contribution >= 0.6 is 35.0 Å². The van der Waals surface area contributed by atoms with E-state index in [4.69, 9.17) is 27.8 Å². The Bertz CT molecular complexity index is 1300. The number of hydrogen-bond donors (Lipinski definition) is 0. The van der Waals surface area contributed by atoms with Gasteiger partial charge in [0.15, 0.2) is 11.6 Å². The summed E-state index contributed by atoms with van der Waals surface area (Å²) in [7, 11) is 0. The molecule has 0 unspecified atom stereocenters. The van der Waals surface area contributed by atoms with Crippen LogP contribution in [0.4, 0.5) is 0 Å². The maximum absolute atomic E-state index is 13.2. The Balaban J connectivity index is 1.78. The molecule has 0 radical (unpaired) electrons. The van der Waals surface area contributed by atoms with Crippen molar-refractivity contribution in [2.75, 3.05) is 0 Å². The molecule has 1 aromatic heterocycles. The Morgan fingerprint density at radius 2 is 1.43 bits per heavy atom. The average Bonchev–Trinajstić information content (AvgIpc) is 3.18. The van der Waals surface area contributed by atoms with Crippen LogP contribution in [0.15, 0.2) is 63.0 Å². The van der Waals surface area contributed by atoms with E-state index in [0.717, 1.165) is 4.90 Å². The van der Waals surface area contributed by atoms with E-state index in [0.29, 0.717) is 10.4 Å².